The number of aromatic nitrogens is 1. The van der Waals surface area contributed by atoms with Crippen molar-refractivity contribution in [3.63, 3.8) is 0 Å². The topological polar surface area (TPSA) is 62.3 Å². The summed E-state index contributed by atoms with van der Waals surface area (Å²) in [6.45, 7) is 1.15. The van der Waals surface area contributed by atoms with Crippen LogP contribution in [0.15, 0.2) is 48.7 Å². The number of para-hydroxylation sites is 1. The minimum atomic E-state index is -0.203. The molecule has 5 heteroatoms. The molecule has 1 N–H and O–H groups in total. The van der Waals surface area contributed by atoms with Gasteiger partial charge >= 0.3 is 0 Å². The van der Waals surface area contributed by atoms with Crippen LogP contribution in [0, 0.1) is 11.8 Å². The molecule has 0 saturated heterocycles. The zero-order valence-corrected chi connectivity index (χ0v) is 14.0. The third kappa shape index (κ3) is 3.27. The second-order valence-corrected chi connectivity index (χ2v) is 6.71. The summed E-state index contributed by atoms with van der Waals surface area (Å²) in [7, 11) is 0. The fourth-order valence-corrected chi connectivity index (χ4v) is 3.53. The Morgan fingerprint density at radius 3 is 2.80 bits per heavy atom. The molecule has 0 radical (unpaired) electrons. The summed E-state index contributed by atoms with van der Waals surface area (Å²) in [4.78, 5) is 31.2. The molecule has 2 unspecified atom stereocenters. The number of hydrogen-bond acceptors (Lipinski definition) is 3. The minimum absolute atomic E-state index is 0.0469. The Bertz CT molecular complexity index is 791. The van der Waals surface area contributed by atoms with Crippen LogP contribution in [0.1, 0.15) is 24.1 Å². The number of amides is 2. The number of pyridine rings is 1. The Morgan fingerprint density at radius 2 is 1.96 bits per heavy atom. The Kier molecular flexibility index (Phi) is 4.22. The van der Waals surface area contributed by atoms with Gasteiger partial charge in [-0.05, 0) is 43.0 Å². The summed E-state index contributed by atoms with van der Waals surface area (Å²) >= 11 is 0. The van der Waals surface area contributed by atoms with Crippen LogP contribution in [-0.2, 0) is 22.6 Å². The van der Waals surface area contributed by atoms with Crippen molar-refractivity contribution in [3.05, 3.63) is 59.9 Å². The molecule has 5 nitrogen and oxygen atoms in total. The van der Waals surface area contributed by atoms with Gasteiger partial charge in [-0.25, -0.2) is 0 Å². The van der Waals surface area contributed by atoms with E-state index < -0.39 is 0 Å². The largest absolute Gasteiger partial charge is 0.350 e. The average Bonchev–Trinajstić information content (AvgIpc) is 3.47. The van der Waals surface area contributed by atoms with E-state index in [4.69, 9.17) is 0 Å². The van der Waals surface area contributed by atoms with Gasteiger partial charge in [0.15, 0.2) is 0 Å². The number of nitrogens with zero attached hydrogens (tertiary/aromatic N) is 2. The maximum Gasteiger partial charge on any atom is 0.230 e. The highest BCUT2D eigenvalue weighted by Gasteiger charge is 2.50. The van der Waals surface area contributed by atoms with Gasteiger partial charge in [-0.15, -0.1) is 0 Å². The van der Waals surface area contributed by atoms with Gasteiger partial charge in [0.25, 0.3) is 0 Å². The summed E-state index contributed by atoms with van der Waals surface area (Å²) in [6, 6.07) is 13.7. The van der Waals surface area contributed by atoms with E-state index in [9.17, 15) is 9.59 Å². The van der Waals surface area contributed by atoms with E-state index in [0.29, 0.717) is 13.0 Å². The first kappa shape index (κ1) is 15.8. The molecule has 2 heterocycles. The average molecular weight is 335 g/mol. The van der Waals surface area contributed by atoms with E-state index in [1.165, 1.54) is 5.56 Å². The maximum absolute atomic E-state index is 12.8. The normalized spacial score (nSPS) is 21.4. The van der Waals surface area contributed by atoms with E-state index in [2.05, 4.69) is 16.4 Å². The smallest absolute Gasteiger partial charge is 0.230 e. The first-order valence-electron chi connectivity index (χ1n) is 8.81. The quantitative estimate of drug-likeness (QED) is 0.933. The van der Waals surface area contributed by atoms with Gasteiger partial charge in [0, 0.05) is 18.4 Å². The van der Waals surface area contributed by atoms with Crippen LogP contribution in [0.3, 0.4) is 0 Å². The van der Waals surface area contributed by atoms with Crippen molar-refractivity contribution in [1.82, 2.24) is 10.3 Å². The van der Waals surface area contributed by atoms with Gasteiger partial charge < -0.3 is 10.2 Å². The van der Waals surface area contributed by atoms with Gasteiger partial charge in [-0.2, -0.15) is 0 Å². The molecule has 4 rings (SSSR count). The van der Waals surface area contributed by atoms with Crippen LogP contribution in [0.2, 0.25) is 0 Å². The van der Waals surface area contributed by atoms with E-state index in [1.54, 1.807) is 6.20 Å². The van der Waals surface area contributed by atoms with Crippen LogP contribution in [0.4, 0.5) is 5.69 Å². The monoisotopic (exact) mass is 335 g/mol. The van der Waals surface area contributed by atoms with Crippen LogP contribution in [0.5, 0.6) is 0 Å². The summed E-state index contributed by atoms with van der Waals surface area (Å²) in [5.41, 5.74) is 3.06. The van der Waals surface area contributed by atoms with Gasteiger partial charge in [0.05, 0.1) is 24.1 Å². The Balaban J connectivity index is 1.37. The molecular weight excluding hydrogens is 314 g/mol. The molecule has 1 aromatic carbocycles. The van der Waals surface area contributed by atoms with Crippen molar-refractivity contribution >= 4 is 17.5 Å². The molecule has 2 amide bonds. The molecule has 1 saturated carbocycles. The van der Waals surface area contributed by atoms with Crippen molar-refractivity contribution in [2.24, 2.45) is 11.8 Å². The minimum Gasteiger partial charge on any atom is -0.350 e. The van der Waals surface area contributed by atoms with Crippen LogP contribution < -0.4 is 10.2 Å². The molecule has 2 aliphatic rings. The molecule has 2 aromatic rings. The lowest BCUT2D eigenvalue weighted by atomic mass is 10.0. The van der Waals surface area contributed by atoms with Crippen molar-refractivity contribution in [2.45, 2.75) is 25.8 Å². The zero-order valence-electron chi connectivity index (χ0n) is 14.0. The highest BCUT2D eigenvalue weighted by atomic mass is 16.2. The van der Waals surface area contributed by atoms with E-state index in [0.717, 1.165) is 30.8 Å². The zero-order chi connectivity index (χ0) is 17.2. The molecule has 0 bridgehead atoms. The third-order valence-corrected chi connectivity index (χ3v) is 4.99. The lowest BCUT2D eigenvalue weighted by Crippen LogP contribution is -2.37. The van der Waals surface area contributed by atoms with E-state index >= 15 is 0 Å². The predicted octanol–water partition coefficient (Wildman–Crippen LogP) is 2.31. The summed E-state index contributed by atoms with van der Waals surface area (Å²) < 4.78 is 0. The van der Waals surface area contributed by atoms with Gasteiger partial charge in [0.1, 0.15) is 0 Å². The number of aryl methyl sites for hydroxylation is 1. The number of fused-ring (bicyclic) bond motifs is 1. The molecule has 0 spiro atoms. The number of hydrogen-bond donors (Lipinski definition) is 1. The molecule has 1 aliphatic heterocycles. The fraction of sp³-hybridized carbons (Fsp3) is 0.350. The first-order valence-corrected chi connectivity index (χ1v) is 8.81. The molecule has 1 aliphatic carbocycles. The maximum atomic E-state index is 12.8. The fourth-order valence-electron chi connectivity index (χ4n) is 3.53. The number of carbonyl (C=O) groups excluding carboxylic acids is 2. The van der Waals surface area contributed by atoms with Gasteiger partial charge in [0.2, 0.25) is 11.8 Å². The Hall–Kier alpha value is -2.69. The number of rotatable bonds is 4. The van der Waals surface area contributed by atoms with Crippen molar-refractivity contribution in [3.8, 4) is 0 Å². The standard InChI is InChI=1S/C20H21N3O2/c24-19(22-13-15-8-3-4-10-21-15)16-12-17(16)20(25)23-11-5-7-14-6-1-2-9-18(14)23/h1-4,6,8-10,16-17H,5,7,11-13H2,(H,22,24). The second-order valence-electron chi connectivity index (χ2n) is 6.71. The molecule has 128 valence electrons. The third-order valence-electron chi connectivity index (χ3n) is 4.99. The van der Waals surface area contributed by atoms with Crippen molar-refractivity contribution in [2.75, 3.05) is 11.4 Å². The van der Waals surface area contributed by atoms with E-state index in [-0.39, 0.29) is 23.7 Å². The van der Waals surface area contributed by atoms with E-state index in [1.807, 2.05) is 41.3 Å². The highest BCUT2D eigenvalue weighted by Crippen LogP contribution is 2.42. The van der Waals surface area contributed by atoms with Gasteiger partial charge in [-0.3, -0.25) is 14.6 Å². The second kappa shape index (κ2) is 6.67. The lowest BCUT2D eigenvalue weighted by Gasteiger charge is -2.29. The lowest BCUT2D eigenvalue weighted by molar-refractivity contribution is -0.126. The molecule has 1 aromatic heterocycles. The summed E-state index contributed by atoms with van der Waals surface area (Å²) in [6.07, 6.45) is 4.34. The molecule has 2 atom stereocenters. The predicted molar refractivity (Wildman–Crippen MR) is 94.8 cm³/mol. The number of nitrogens with one attached hydrogen (secondary N) is 1. The SMILES string of the molecule is O=C(NCc1ccccn1)C1CC1C(=O)N1CCCc2ccccc21. The number of anilines is 1. The van der Waals surface area contributed by atoms with Crippen molar-refractivity contribution < 1.29 is 9.59 Å². The van der Waals surface area contributed by atoms with Crippen LogP contribution in [-0.4, -0.2) is 23.3 Å². The molecular formula is C20H21N3O2. The Morgan fingerprint density at radius 1 is 1.12 bits per heavy atom. The van der Waals surface area contributed by atoms with Crippen LogP contribution >= 0.6 is 0 Å². The molecule has 1 fully saturated rings. The number of carbonyl (C=O) groups is 2. The Labute approximate surface area is 147 Å². The first-order chi connectivity index (χ1) is 12.2. The summed E-state index contributed by atoms with van der Waals surface area (Å²) in [5.74, 6) is -0.348. The van der Waals surface area contributed by atoms with Crippen molar-refractivity contribution in [1.29, 1.82) is 0 Å². The molecule has 25 heavy (non-hydrogen) atoms. The highest BCUT2D eigenvalue weighted by molar-refractivity contribution is 6.01. The summed E-state index contributed by atoms with van der Waals surface area (Å²) in [5, 5.41) is 2.90. The van der Waals surface area contributed by atoms with Crippen LogP contribution in [0.25, 0.3) is 0 Å². The number of benzene rings is 1. The van der Waals surface area contributed by atoms with Gasteiger partial charge in [-0.1, -0.05) is 24.3 Å².